The molecular formula is C14H15IN2O2. The molecule has 1 N–H and O–H groups in total. The van der Waals surface area contributed by atoms with Crippen molar-refractivity contribution in [2.24, 2.45) is 0 Å². The zero-order valence-electron chi connectivity index (χ0n) is 10.4. The summed E-state index contributed by atoms with van der Waals surface area (Å²) in [6.07, 6.45) is 2.30. The molecule has 2 aliphatic rings. The van der Waals surface area contributed by atoms with Gasteiger partial charge in [-0.1, -0.05) is 12.1 Å². The third-order valence-corrected chi connectivity index (χ3v) is 4.53. The second-order valence-electron chi connectivity index (χ2n) is 5.08. The van der Waals surface area contributed by atoms with E-state index >= 15 is 0 Å². The van der Waals surface area contributed by atoms with Crippen LogP contribution in [0.1, 0.15) is 18.4 Å². The minimum Gasteiger partial charge on any atom is -0.342 e. The second-order valence-corrected chi connectivity index (χ2v) is 6.33. The standard InChI is InChI=1S/C14H15IN2O2/c15-10-5-3-9(4-6-10)8-11-14(19)17-7-1-2-12(17)13(18)16-11/h3-6,11-12H,1-2,7-8H2,(H,16,18)/t11-,12-/m0/s1. The van der Waals surface area contributed by atoms with Crippen LogP contribution in [0.15, 0.2) is 24.3 Å². The van der Waals surface area contributed by atoms with E-state index in [9.17, 15) is 9.59 Å². The molecule has 2 saturated heterocycles. The molecule has 0 radical (unpaired) electrons. The summed E-state index contributed by atoms with van der Waals surface area (Å²) in [5.74, 6) is 0.0771. The number of nitrogens with one attached hydrogen (secondary N) is 1. The first-order valence-electron chi connectivity index (χ1n) is 6.50. The van der Waals surface area contributed by atoms with Crippen LogP contribution in [0, 0.1) is 3.57 Å². The lowest BCUT2D eigenvalue weighted by Crippen LogP contribution is -2.61. The average Bonchev–Trinajstić information content (AvgIpc) is 2.88. The van der Waals surface area contributed by atoms with Crippen molar-refractivity contribution in [2.45, 2.75) is 31.3 Å². The fraction of sp³-hybridized carbons (Fsp3) is 0.429. The average molecular weight is 370 g/mol. The highest BCUT2D eigenvalue weighted by Gasteiger charge is 2.42. The van der Waals surface area contributed by atoms with Crippen molar-refractivity contribution in [3.63, 3.8) is 0 Å². The lowest BCUT2D eigenvalue weighted by atomic mass is 10.0. The lowest BCUT2D eigenvalue weighted by Gasteiger charge is -2.34. The van der Waals surface area contributed by atoms with Gasteiger partial charge in [0.2, 0.25) is 11.8 Å². The molecule has 1 aromatic rings. The van der Waals surface area contributed by atoms with Crippen LogP contribution >= 0.6 is 22.6 Å². The van der Waals surface area contributed by atoms with E-state index in [1.807, 2.05) is 24.3 Å². The largest absolute Gasteiger partial charge is 0.342 e. The van der Waals surface area contributed by atoms with Gasteiger partial charge in [-0.25, -0.2) is 0 Å². The van der Waals surface area contributed by atoms with E-state index in [1.165, 1.54) is 3.57 Å². The third-order valence-electron chi connectivity index (χ3n) is 3.81. The number of nitrogens with zero attached hydrogens (tertiary/aromatic N) is 1. The van der Waals surface area contributed by atoms with E-state index in [4.69, 9.17) is 0 Å². The Bertz CT molecular complexity index is 515. The van der Waals surface area contributed by atoms with Gasteiger partial charge in [0.05, 0.1) is 0 Å². The number of rotatable bonds is 2. The number of piperazine rings is 1. The summed E-state index contributed by atoms with van der Waals surface area (Å²) < 4.78 is 1.17. The summed E-state index contributed by atoms with van der Waals surface area (Å²) in [6.45, 7) is 0.722. The maximum absolute atomic E-state index is 12.3. The van der Waals surface area contributed by atoms with Crippen LogP contribution in [-0.2, 0) is 16.0 Å². The Morgan fingerprint density at radius 2 is 2.00 bits per heavy atom. The number of hydrogen-bond acceptors (Lipinski definition) is 2. The summed E-state index contributed by atoms with van der Waals surface area (Å²) in [4.78, 5) is 26.0. The Morgan fingerprint density at radius 1 is 1.26 bits per heavy atom. The molecule has 0 unspecified atom stereocenters. The Labute approximate surface area is 125 Å². The van der Waals surface area contributed by atoms with E-state index in [1.54, 1.807) is 4.90 Å². The van der Waals surface area contributed by atoms with E-state index < -0.39 is 6.04 Å². The zero-order valence-corrected chi connectivity index (χ0v) is 12.6. The van der Waals surface area contributed by atoms with Gasteiger partial charge in [-0.15, -0.1) is 0 Å². The van der Waals surface area contributed by atoms with Gasteiger partial charge >= 0.3 is 0 Å². The van der Waals surface area contributed by atoms with Crippen LogP contribution < -0.4 is 5.32 Å². The first kappa shape index (κ1) is 12.9. The second kappa shape index (κ2) is 5.11. The zero-order chi connectivity index (χ0) is 13.4. The van der Waals surface area contributed by atoms with E-state index in [0.29, 0.717) is 6.42 Å². The molecule has 100 valence electrons. The van der Waals surface area contributed by atoms with Crippen LogP contribution in [0.25, 0.3) is 0 Å². The van der Waals surface area contributed by atoms with Crippen LogP contribution in [0.3, 0.4) is 0 Å². The van der Waals surface area contributed by atoms with Gasteiger partial charge < -0.3 is 10.2 Å². The summed E-state index contributed by atoms with van der Waals surface area (Å²) in [5.41, 5.74) is 1.08. The van der Waals surface area contributed by atoms with Crippen molar-refractivity contribution in [3.8, 4) is 0 Å². The molecule has 0 bridgehead atoms. The number of amides is 2. The van der Waals surface area contributed by atoms with Crippen molar-refractivity contribution in [1.29, 1.82) is 0 Å². The molecule has 1 aromatic carbocycles. The van der Waals surface area contributed by atoms with Crippen LogP contribution in [0.2, 0.25) is 0 Å². The van der Waals surface area contributed by atoms with Crippen molar-refractivity contribution in [1.82, 2.24) is 10.2 Å². The lowest BCUT2D eigenvalue weighted by molar-refractivity contribution is -0.146. The first-order valence-corrected chi connectivity index (χ1v) is 7.58. The Morgan fingerprint density at radius 3 is 2.74 bits per heavy atom. The number of benzene rings is 1. The van der Waals surface area contributed by atoms with E-state index in [-0.39, 0.29) is 17.9 Å². The van der Waals surface area contributed by atoms with Gasteiger partial charge in [-0.05, 0) is 53.1 Å². The number of fused-ring (bicyclic) bond motifs is 1. The van der Waals surface area contributed by atoms with E-state index in [0.717, 1.165) is 24.9 Å². The molecule has 4 nitrogen and oxygen atoms in total. The van der Waals surface area contributed by atoms with E-state index in [2.05, 4.69) is 27.9 Å². The normalized spacial score (nSPS) is 26.3. The van der Waals surface area contributed by atoms with Crippen molar-refractivity contribution in [3.05, 3.63) is 33.4 Å². The van der Waals surface area contributed by atoms with Crippen LogP contribution in [0.4, 0.5) is 0 Å². The summed E-state index contributed by atoms with van der Waals surface area (Å²) in [6, 6.07) is 7.43. The predicted molar refractivity (Wildman–Crippen MR) is 79.5 cm³/mol. The first-order chi connectivity index (χ1) is 9.15. The molecule has 0 aliphatic carbocycles. The maximum atomic E-state index is 12.3. The smallest absolute Gasteiger partial charge is 0.246 e. The maximum Gasteiger partial charge on any atom is 0.246 e. The molecule has 5 heteroatoms. The number of hydrogen-bond donors (Lipinski definition) is 1. The number of halogens is 1. The SMILES string of the molecule is O=C1N[C@@H](Cc2ccc(I)cc2)C(=O)N2CCC[C@@H]12. The van der Waals surface area contributed by atoms with Gasteiger partial charge in [-0.2, -0.15) is 0 Å². The molecule has 2 heterocycles. The Kier molecular flexibility index (Phi) is 3.47. The minimum absolute atomic E-state index is 0.00705. The van der Waals surface area contributed by atoms with Gasteiger partial charge in [0.15, 0.2) is 0 Å². The summed E-state index contributed by atoms with van der Waals surface area (Å²) in [7, 11) is 0. The molecule has 0 aromatic heterocycles. The highest BCUT2D eigenvalue weighted by molar-refractivity contribution is 14.1. The molecule has 2 fully saturated rings. The summed E-state index contributed by atoms with van der Waals surface area (Å²) >= 11 is 2.25. The van der Waals surface area contributed by atoms with Gasteiger partial charge in [0.25, 0.3) is 0 Å². The Balaban J connectivity index is 1.76. The predicted octanol–water partition coefficient (Wildman–Crippen LogP) is 1.32. The third kappa shape index (κ3) is 2.48. The highest BCUT2D eigenvalue weighted by atomic mass is 127. The molecule has 0 spiro atoms. The number of carbonyl (C=O) groups excluding carboxylic acids is 2. The minimum atomic E-state index is -0.401. The fourth-order valence-corrected chi connectivity index (χ4v) is 3.19. The molecule has 2 atom stereocenters. The van der Waals surface area contributed by atoms with Gasteiger partial charge in [-0.3, -0.25) is 9.59 Å². The fourth-order valence-electron chi connectivity index (χ4n) is 2.83. The molecule has 0 saturated carbocycles. The van der Waals surface area contributed by atoms with Crippen LogP contribution in [0.5, 0.6) is 0 Å². The molecule has 19 heavy (non-hydrogen) atoms. The molecule has 3 rings (SSSR count). The highest BCUT2D eigenvalue weighted by Crippen LogP contribution is 2.23. The number of carbonyl (C=O) groups is 2. The molecule has 2 aliphatic heterocycles. The Hall–Kier alpha value is -1.11. The quantitative estimate of drug-likeness (QED) is 0.799. The van der Waals surface area contributed by atoms with Crippen molar-refractivity contribution < 1.29 is 9.59 Å². The summed E-state index contributed by atoms with van der Waals surface area (Å²) in [5, 5.41) is 2.87. The van der Waals surface area contributed by atoms with Gasteiger partial charge in [0.1, 0.15) is 12.1 Å². The topological polar surface area (TPSA) is 49.4 Å². The monoisotopic (exact) mass is 370 g/mol. The van der Waals surface area contributed by atoms with Crippen molar-refractivity contribution in [2.75, 3.05) is 6.54 Å². The molecular weight excluding hydrogens is 355 g/mol. The molecule has 2 amide bonds. The van der Waals surface area contributed by atoms with Crippen molar-refractivity contribution >= 4 is 34.4 Å². The van der Waals surface area contributed by atoms with Gasteiger partial charge in [0, 0.05) is 16.5 Å². The van der Waals surface area contributed by atoms with Crippen LogP contribution in [-0.4, -0.2) is 35.3 Å².